The van der Waals surface area contributed by atoms with Crippen LogP contribution in [0.1, 0.15) is 16.7 Å². The molecule has 110 valence electrons. The number of rotatable bonds is 2. The molecule has 0 bridgehead atoms. The lowest BCUT2D eigenvalue weighted by atomic mass is 9.91. The molecule has 0 heterocycles. The van der Waals surface area contributed by atoms with Crippen LogP contribution in [0.4, 0.5) is 0 Å². The van der Waals surface area contributed by atoms with Crippen molar-refractivity contribution in [3.63, 3.8) is 0 Å². The molecule has 3 rings (SSSR count). The predicted octanol–water partition coefficient (Wildman–Crippen LogP) is 4.96. The third-order valence-corrected chi connectivity index (χ3v) is 3.87. The van der Waals surface area contributed by atoms with Crippen molar-refractivity contribution >= 4 is 0 Å². The van der Waals surface area contributed by atoms with Gasteiger partial charge in [0.05, 0.1) is 0 Å². The Hall–Kier alpha value is -3.66. The summed E-state index contributed by atoms with van der Waals surface area (Å²) in [5.41, 5.74) is 6.70. The predicted molar refractivity (Wildman–Crippen MR) is 101 cm³/mol. The minimum Gasteiger partial charge on any atom is -0.115 e. The summed E-state index contributed by atoms with van der Waals surface area (Å²) < 4.78 is 0. The first kappa shape index (κ1) is 15.2. The Kier molecular flexibility index (Phi) is 4.21. The molecule has 3 aromatic carbocycles. The minimum absolute atomic E-state index is 0.827. The lowest BCUT2D eigenvalue weighted by molar-refractivity contribution is 1.54. The van der Waals surface area contributed by atoms with Crippen LogP contribution in [0.15, 0.2) is 66.7 Å². The molecule has 3 aromatic rings. The summed E-state index contributed by atoms with van der Waals surface area (Å²) in [4.78, 5) is 0. The van der Waals surface area contributed by atoms with Crippen molar-refractivity contribution < 1.29 is 0 Å². The molecule has 0 saturated heterocycles. The number of hydrogen-bond donors (Lipinski definition) is 0. The first-order valence-corrected chi connectivity index (χ1v) is 7.50. The highest BCUT2D eigenvalue weighted by Crippen LogP contribution is 2.33. The van der Waals surface area contributed by atoms with Gasteiger partial charge in [-0.2, -0.15) is 0 Å². The Balaban J connectivity index is 2.26. The molecule has 0 aliphatic rings. The molecule has 0 unspecified atom stereocenters. The molecule has 0 aliphatic heterocycles. The normalized spacial score (nSPS) is 9.54. The molecule has 0 nitrogen and oxygen atoms in total. The summed E-state index contributed by atoms with van der Waals surface area (Å²) in [5, 5.41) is 0. The molecule has 24 heavy (non-hydrogen) atoms. The van der Waals surface area contributed by atoms with E-state index in [4.69, 9.17) is 19.3 Å². The van der Waals surface area contributed by atoms with Crippen LogP contribution in [-0.2, 0) is 0 Å². The molecular formula is C24H14. The summed E-state index contributed by atoms with van der Waals surface area (Å²) in [7, 11) is 0. The fourth-order valence-electron chi connectivity index (χ4n) is 2.68. The third-order valence-electron chi connectivity index (χ3n) is 3.87. The second-order valence-corrected chi connectivity index (χ2v) is 5.35. The Morgan fingerprint density at radius 1 is 0.500 bits per heavy atom. The van der Waals surface area contributed by atoms with Gasteiger partial charge in [0.15, 0.2) is 0 Å². The van der Waals surface area contributed by atoms with Crippen molar-refractivity contribution in [3.8, 4) is 59.3 Å². The van der Waals surface area contributed by atoms with Crippen LogP contribution in [0.3, 0.4) is 0 Å². The van der Waals surface area contributed by atoms with E-state index in [1.54, 1.807) is 0 Å². The molecule has 0 amide bonds. The molecule has 0 N–H and O–H groups in total. The maximum absolute atomic E-state index is 5.58. The van der Waals surface area contributed by atoms with Crippen LogP contribution in [0.5, 0.6) is 0 Å². The van der Waals surface area contributed by atoms with Crippen LogP contribution in [0.25, 0.3) is 22.3 Å². The Labute approximate surface area is 143 Å². The zero-order valence-corrected chi connectivity index (χ0v) is 13.1. The molecule has 0 fully saturated rings. The standard InChI is InChI=1S/C24H14/c1-4-18-9-7-11-21(15-18)23-14-13-20(6-3)17-24(23)22-12-8-10-19(5-2)16-22/h1-3,7-17H. The maximum atomic E-state index is 5.58. The van der Waals surface area contributed by atoms with E-state index in [9.17, 15) is 0 Å². The summed E-state index contributed by atoms with van der Waals surface area (Å²) in [6.45, 7) is 0. The van der Waals surface area contributed by atoms with E-state index in [-0.39, 0.29) is 0 Å². The zero-order chi connectivity index (χ0) is 16.9. The van der Waals surface area contributed by atoms with E-state index in [0.29, 0.717) is 0 Å². The first-order valence-electron chi connectivity index (χ1n) is 7.50. The third kappa shape index (κ3) is 2.94. The lowest BCUT2D eigenvalue weighted by Gasteiger charge is -2.12. The van der Waals surface area contributed by atoms with Gasteiger partial charge in [0.1, 0.15) is 0 Å². The second kappa shape index (κ2) is 6.62. The zero-order valence-electron chi connectivity index (χ0n) is 13.1. The largest absolute Gasteiger partial charge is 0.115 e. The van der Waals surface area contributed by atoms with Gasteiger partial charge >= 0.3 is 0 Å². The van der Waals surface area contributed by atoms with E-state index in [1.807, 2.05) is 66.7 Å². The molecule has 0 radical (unpaired) electrons. The monoisotopic (exact) mass is 302 g/mol. The highest BCUT2D eigenvalue weighted by molar-refractivity contribution is 5.85. The summed E-state index contributed by atoms with van der Waals surface area (Å²) in [6, 6.07) is 21.8. The lowest BCUT2D eigenvalue weighted by Crippen LogP contribution is -1.89. The molecule has 0 aliphatic carbocycles. The maximum Gasteiger partial charge on any atom is 0.0249 e. The number of hydrogen-bond acceptors (Lipinski definition) is 0. The highest BCUT2D eigenvalue weighted by Gasteiger charge is 2.09. The van der Waals surface area contributed by atoms with Gasteiger partial charge in [0, 0.05) is 16.7 Å². The summed E-state index contributed by atoms with van der Waals surface area (Å²) in [5.74, 6) is 8.05. The Morgan fingerprint density at radius 2 is 1.00 bits per heavy atom. The molecule has 0 saturated carbocycles. The summed E-state index contributed by atoms with van der Waals surface area (Å²) in [6.07, 6.45) is 16.6. The van der Waals surface area contributed by atoms with Gasteiger partial charge in [0.25, 0.3) is 0 Å². The van der Waals surface area contributed by atoms with Gasteiger partial charge in [-0.1, -0.05) is 48.1 Å². The highest BCUT2D eigenvalue weighted by atomic mass is 14.1. The fraction of sp³-hybridized carbons (Fsp3) is 0. The van der Waals surface area contributed by atoms with E-state index >= 15 is 0 Å². The Bertz CT molecular complexity index is 1030. The van der Waals surface area contributed by atoms with Gasteiger partial charge in [-0.25, -0.2) is 0 Å². The molecule has 0 aromatic heterocycles. The average Bonchev–Trinajstić information content (AvgIpc) is 2.67. The topological polar surface area (TPSA) is 0 Å². The van der Waals surface area contributed by atoms with E-state index in [0.717, 1.165) is 38.9 Å². The van der Waals surface area contributed by atoms with E-state index in [1.165, 1.54) is 0 Å². The van der Waals surface area contributed by atoms with E-state index < -0.39 is 0 Å². The van der Waals surface area contributed by atoms with Crippen molar-refractivity contribution in [2.45, 2.75) is 0 Å². The first-order chi connectivity index (χ1) is 11.7. The average molecular weight is 302 g/mol. The van der Waals surface area contributed by atoms with Crippen molar-refractivity contribution in [1.29, 1.82) is 0 Å². The minimum atomic E-state index is 0.827. The van der Waals surface area contributed by atoms with E-state index in [2.05, 4.69) is 17.8 Å². The second-order valence-electron chi connectivity index (χ2n) is 5.35. The van der Waals surface area contributed by atoms with Gasteiger partial charge in [-0.05, 0) is 58.7 Å². The van der Waals surface area contributed by atoms with Crippen molar-refractivity contribution in [2.24, 2.45) is 0 Å². The number of terminal acetylenes is 3. The quantitative estimate of drug-likeness (QED) is 0.587. The van der Waals surface area contributed by atoms with Crippen molar-refractivity contribution in [2.75, 3.05) is 0 Å². The van der Waals surface area contributed by atoms with Crippen LogP contribution in [0, 0.1) is 37.0 Å². The van der Waals surface area contributed by atoms with Gasteiger partial charge in [0.2, 0.25) is 0 Å². The molecule has 0 spiro atoms. The molecular weight excluding hydrogens is 288 g/mol. The molecule has 0 atom stereocenters. The smallest absolute Gasteiger partial charge is 0.0249 e. The number of benzene rings is 3. The van der Waals surface area contributed by atoms with Crippen LogP contribution in [-0.4, -0.2) is 0 Å². The SMILES string of the molecule is C#Cc1cccc(-c2ccc(C#C)cc2-c2cccc(C#C)c2)c1. The van der Waals surface area contributed by atoms with Crippen LogP contribution >= 0.6 is 0 Å². The van der Waals surface area contributed by atoms with Crippen LogP contribution < -0.4 is 0 Å². The van der Waals surface area contributed by atoms with Crippen LogP contribution in [0.2, 0.25) is 0 Å². The molecule has 0 heteroatoms. The van der Waals surface area contributed by atoms with Gasteiger partial charge in [-0.3, -0.25) is 0 Å². The van der Waals surface area contributed by atoms with Gasteiger partial charge in [-0.15, -0.1) is 19.3 Å². The summed E-state index contributed by atoms with van der Waals surface area (Å²) >= 11 is 0. The van der Waals surface area contributed by atoms with Crippen molar-refractivity contribution in [3.05, 3.63) is 83.4 Å². The Morgan fingerprint density at radius 3 is 1.54 bits per heavy atom. The van der Waals surface area contributed by atoms with Crippen molar-refractivity contribution in [1.82, 2.24) is 0 Å². The van der Waals surface area contributed by atoms with Gasteiger partial charge < -0.3 is 0 Å². The fourth-order valence-corrected chi connectivity index (χ4v) is 2.68.